The van der Waals surface area contributed by atoms with Gasteiger partial charge in [0.1, 0.15) is 10.8 Å². The molecule has 1 saturated carbocycles. The molecule has 2 aromatic heterocycles. The minimum Gasteiger partial charge on any atom is -0.329 e. The number of anilines is 2. The Hall–Kier alpha value is -1.98. The molecule has 11 heteroatoms. The maximum absolute atomic E-state index is 13.0. The molecule has 148 valence electrons. The van der Waals surface area contributed by atoms with E-state index in [0.717, 1.165) is 27.6 Å². The first-order chi connectivity index (χ1) is 13.2. The molecule has 0 unspecified atom stereocenters. The third-order valence-electron chi connectivity index (χ3n) is 4.83. The van der Waals surface area contributed by atoms with Crippen LogP contribution in [0.15, 0.2) is 16.3 Å². The first-order valence-electron chi connectivity index (χ1n) is 8.64. The van der Waals surface area contributed by atoms with Gasteiger partial charge in [0.05, 0.1) is 5.56 Å². The number of ketones is 1. The van der Waals surface area contributed by atoms with E-state index >= 15 is 0 Å². The van der Waals surface area contributed by atoms with Crippen LogP contribution in [0.4, 0.5) is 10.9 Å². The van der Waals surface area contributed by atoms with Crippen LogP contribution in [0.3, 0.4) is 0 Å². The van der Waals surface area contributed by atoms with Gasteiger partial charge in [-0.25, -0.2) is 13.4 Å². The number of rotatable bonds is 4. The molecule has 0 spiro atoms. The van der Waals surface area contributed by atoms with Gasteiger partial charge in [0.25, 0.3) is 10.0 Å². The first kappa shape index (κ1) is 19.3. The number of allylic oxidation sites excluding steroid dienone is 1. The van der Waals surface area contributed by atoms with Crippen molar-refractivity contribution in [3.8, 4) is 0 Å². The van der Waals surface area contributed by atoms with Crippen LogP contribution in [-0.2, 0) is 10.0 Å². The summed E-state index contributed by atoms with van der Waals surface area (Å²) >= 11 is 2.69. The number of aryl methyl sites for hydroxylation is 1. The normalized spacial score (nSPS) is 19.8. The SMILES string of the molecule is CSc1nc(NC=C2C(=O)c3c(sc(C)c3C)N(C)S2(=O)=O)nc(C2CC2)n1. The van der Waals surface area contributed by atoms with Crippen molar-refractivity contribution in [1.82, 2.24) is 15.0 Å². The van der Waals surface area contributed by atoms with Gasteiger partial charge in [-0.15, -0.1) is 11.3 Å². The van der Waals surface area contributed by atoms with Crippen molar-refractivity contribution in [2.24, 2.45) is 0 Å². The van der Waals surface area contributed by atoms with Crippen molar-refractivity contribution < 1.29 is 13.2 Å². The average Bonchev–Trinajstić information content (AvgIpc) is 3.46. The molecule has 0 atom stereocenters. The van der Waals surface area contributed by atoms with E-state index in [0.29, 0.717) is 27.5 Å². The van der Waals surface area contributed by atoms with E-state index in [2.05, 4.69) is 20.3 Å². The number of carbonyl (C=O) groups is 1. The Kier molecular flexibility index (Phi) is 4.71. The highest BCUT2D eigenvalue weighted by Gasteiger charge is 2.41. The second-order valence-electron chi connectivity index (χ2n) is 6.70. The van der Waals surface area contributed by atoms with Crippen molar-refractivity contribution in [3.63, 3.8) is 0 Å². The fourth-order valence-electron chi connectivity index (χ4n) is 2.92. The van der Waals surface area contributed by atoms with Crippen molar-refractivity contribution in [3.05, 3.63) is 32.9 Å². The van der Waals surface area contributed by atoms with Gasteiger partial charge in [0, 0.05) is 24.0 Å². The molecule has 0 aromatic carbocycles. The number of nitrogens with one attached hydrogen (secondary N) is 1. The number of sulfonamides is 1. The van der Waals surface area contributed by atoms with E-state index in [-0.39, 0.29) is 10.9 Å². The molecule has 2 aliphatic rings. The molecule has 0 bridgehead atoms. The summed E-state index contributed by atoms with van der Waals surface area (Å²) in [5.41, 5.74) is 1.24. The lowest BCUT2D eigenvalue weighted by atomic mass is 10.1. The molecular weight excluding hydrogens is 418 g/mol. The quantitative estimate of drug-likeness (QED) is 0.575. The molecule has 4 rings (SSSR count). The molecular formula is C17H19N5O3S3. The van der Waals surface area contributed by atoms with Crippen molar-refractivity contribution >= 4 is 49.9 Å². The summed E-state index contributed by atoms with van der Waals surface area (Å²) in [6.07, 6.45) is 5.13. The first-order valence-corrected chi connectivity index (χ1v) is 12.1. The smallest absolute Gasteiger partial charge is 0.270 e. The van der Waals surface area contributed by atoms with Gasteiger partial charge in [-0.2, -0.15) is 9.97 Å². The fraction of sp³-hybridized carbons (Fsp3) is 0.412. The van der Waals surface area contributed by atoms with Crippen LogP contribution in [0, 0.1) is 13.8 Å². The summed E-state index contributed by atoms with van der Waals surface area (Å²) in [5.74, 6) is 0.751. The van der Waals surface area contributed by atoms with Gasteiger partial charge in [-0.05, 0) is 38.5 Å². The lowest BCUT2D eigenvalue weighted by Gasteiger charge is -2.25. The van der Waals surface area contributed by atoms with Crippen molar-refractivity contribution in [2.45, 2.75) is 37.8 Å². The number of Topliss-reactive ketones (excluding diaryl/α,β-unsaturated/α-hetero) is 1. The van der Waals surface area contributed by atoms with Crippen LogP contribution in [-0.4, -0.2) is 42.5 Å². The third kappa shape index (κ3) is 3.11. The molecule has 1 aliphatic carbocycles. The van der Waals surface area contributed by atoms with E-state index in [1.165, 1.54) is 36.3 Å². The summed E-state index contributed by atoms with van der Waals surface area (Å²) < 4.78 is 26.9. The standard InChI is InChI=1S/C17H19N5O3S3/c1-8-9(2)27-15-12(8)13(23)11(28(24,25)22(15)3)7-18-16-19-14(10-5-6-10)20-17(21-16)26-4/h7,10H,5-6H2,1-4H3,(H,18,19,20,21). The van der Waals surface area contributed by atoms with E-state index in [1.807, 2.05) is 20.1 Å². The zero-order chi connectivity index (χ0) is 20.2. The topological polar surface area (TPSA) is 105 Å². The Morgan fingerprint density at radius 2 is 1.96 bits per heavy atom. The molecule has 1 fully saturated rings. The third-order valence-corrected chi connectivity index (χ3v) is 8.54. The summed E-state index contributed by atoms with van der Waals surface area (Å²) in [6, 6.07) is 0. The number of thioether (sulfide) groups is 1. The van der Waals surface area contributed by atoms with Crippen LogP contribution in [0.25, 0.3) is 0 Å². The Morgan fingerprint density at radius 1 is 1.25 bits per heavy atom. The Balaban J connectivity index is 1.74. The second kappa shape index (κ2) is 6.82. The largest absolute Gasteiger partial charge is 0.329 e. The number of fused-ring (bicyclic) bond motifs is 1. The Bertz CT molecular complexity index is 1120. The maximum Gasteiger partial charge on any atom is 0.270 e. The number of aromatic nitrogens is 3. The molecule has 2 aromatic rings. The lowest BCUT2D eigenvalue weighted by Crippen LogP contribution is -2.36. The monoisotopic (exact) mass is 437 g/mol. The van der Waals surface area contributed by atoms with Gasteiger partial charge in [-0.1, -0.05) is 11.8 Å². The second-order valence-corrected chi connectivity index (χ2v) is 10.6. The number of nitrogens with zero attached hydrogens (tertiary/aromatic N) is 4. The minimum absolute atomic E-state index is 0.239. The molecule has 28 heavy (non-hydrogen) atoms. The van der Waals surface area contributed by atoms with Gasteiger partial charge in [-0.3, -0.25) is 9.10 Å². The number of carbonyl (C=O) groups excluding carboxylic acids is 1. The van der Waals surface area contributed by atoms with Gasteiger partial charge in [0.15, 0.2) is 10.1 Å². The van der Waals surface area contributed by atoms with Crippen molar-refractivity contribution in [1.29, 1.82) is 0 Å². The van der Waals surface area contributed by atoms with Gasteiger partial charge >= 0.3 is 0 Å². The Labute approximate surface area is 171 Å². The predicted octanol–water partition coefficient (Wildman–Crippen LogP) is 3.07. The lowest BCUT2D eigenvalue weighted by molar-refractivity contribution is 0.104. The van der Waals surface area contributed by atoms with E-state index < -0.39 is 15.8 Å². The highest BCUT2D eigenvalue weighted by Crippen LogP contribution is 2.43. The summed E-state index contributed by atoms with van der Waals surface area (Å²) in [6.45, 7) is 3.71. The highest BCUT2D eigenvalue weighted by atomic mass is 32.2. The number of hydrogen-bond acceptors (Lipinski definition) is 9. The van der Waals surface area contributed by atoms with E-state index in [1.54, 1.807) is 0 Å². The molecule has 1 aliphatic heterocycles. The molecule has 0 saturated heterocycles. The Morgan fingerprint density at radius 3 is 2.61 bits per heavy atom. The maximum atomic E-state index is 13.0. The van der Waals surface area contributed by atoms with Crippen LogP contribution in [0.2, 0.25) is 0 Å². The van der Waals surface area contributed by atoms with Crippen LogP contribution < -0.4 is 9.62 Å². The van der Waals surface area contributed by atoms with Gasteiger partial charge in [0.2, 0.25) is 11.7 Å². The van der Waals surface area contributed by atoms with Crippen LogP contribution in [0.1, 0.15) is 45.4 Å². The molecule has 1 N–H and O–H groups in total. The number of hydrogen-bond donors (Lipinski definition) is 1. The fourth-order valence-corrected chi connectivity index (χ4v) is 5.86. The minimum atomic E-state index is -3.95. The highest BCUT2D eigenvalue weighted by molar-refractivity contribution is 7.98. The predicted molar refractivity (Wildman–Crippen MR) is 111 cm³/mol. The van der Waals surface area contributed by atoms with Crippen LogP contribution in [0.5, 0.6) is 0 Å². The van der Waals surface area contributed by atoms with Crippen molar-refractivity contribution in [2.75, 3.05) is 22.9 Å². The molecule has 0 radical (unpaired) electrons. The average molecular weight is 438 g/mol. The molecule has 0 amide bonds. The summed E-state index contributed by atoms with van der Waals surface area (Å²) in [7, 11) is -2.49. The molecule has 8 nitrogen and oxygen atoms in total. The van der Waals surface area contributed by atoms with E-state index in [4.69, 9.17) is 0 Å². The summed E-state index contributed by atoms with van der Waals surface area (Å²) in [4.78, 5) is 26.6. The zero-order valence-electron chi connectivity index (χ0n) is 15.8. The van der Waals surface area contributed by atoms with Gasteiger partial charge < -0.3 is 5.32 Å². The molecule has 3 heterocycles. The number of thiophene rings is 1. The summed E-state index contributed by atoms with van der Waals surface area (Å²) in [5, 5.41) is 3.83. The van der Waals surface area contributed by atoms with Crippen LogP contribution >= 0.6 is 23.1 Å². The zero-order valence-corrected chi connectivity index (χ0v) is 18.3. The van der Waals surface area contributed by atoms with E-state index in [9.17, 15) is 13.2 Å².